The van der Waals surface area contributed by atoms with Gasteiger partial charge in [0, 0.05) is 0 Å². The maximum absolute atomic E-state index is 11.8. The smallest absolute Gasteiger partial charge is 0.273 e. The van der Waals surface area contributed by atoms with E-state index in [1.54, 1.807) is 0 Å². The van der Waals surface area contributed by atoms with Crippen LogP contribution in [-0.4, -0.2) is 27.9 Å². The molecule has 0 saturated carbocycles. The van der Waals surface area contributed by atoms with Gasteiger partial charge in [-0.05, 0) is 31.5 Å². The van der Waals surface area contributed by atoms with Gasteiger partial charge in [-0.25, -0.2) is 0 Å². The minimum atomic E-state index is -0.255. The van der Waals surface area contributed by atoms with E-state index >= 15 is 0 Å². The summed E-state index contributed by atoms with van der Waals surface area (Å²) in [5.74, 6) is 0.566. The SMILES string of the molecule is CCOc1ccc(C(C)NC(=O)c2cn[nH]n2)cc1. The van der Waals surface area contributed by atoms with Crippen molar-refractivity contribution in [1.29, 1.82) is 0 Å². The summed E-state index contributed by atoms with van der Waals surface area (Å²) in [5, 5.41) is 12.6. The number of aromatic nitrogens is 3. The maximum atomic E-state index is 11.8. The Kier molecular flexibility index (Phi) is 4.12. The van der Waals surface area contributed by atoms with E-state index in [-0.39, 0.29) is 17.6 Å². The normalized spacial score (nSPS) is 11.9. The number of nitrogens with zero attached hydrogens (tertiary/aromatic N) is 2. The largest absolute Gasteiger partial charge is 0.494 e. The first-order valence-corrected chi connectivity index (χ1v) is 6.10. The Morgan fingerprint density at radius 3 is 2.74 bits per heavy atom. The van der Waals surface area contributed by atoms with Crippen molar-refractivity contribution in [3.63, 3.8) is 0 Å². The topological polar surface area (TPSA) is 79.9 Å². The average Bonchev–Trinajstić information content (AvgIpc) is 2.94. The first kappa shape index (κ1) is 13.1. The molecule has 0 aliphatic heterocycles. The summed E-state index contributed by atoms with van der Waals surface area (Å²) < 4.78 is 5.37. The Morgan fingerprint density at radius 2 is 2.16 bits per heavy atom. The number of amides is 1. The lowest BCUT2D eigenvalue weighted by Gasteiger charge is -2.13. The van der Waals surface area contributed by atoms with Crippen LogP contribution < -0.4 is 10.1 Å². The van der Waals surface area contributed by atoms with E-state index in [0.29, 0.717) is 6.61 Å². The molecule has 0 fully saturated rings. The number of hydrogen-bond acceptors (Lipinski definition) is 4. The van der Waals surface area contributed by atoms with Gasteiger partial charge >= 0.3 is 0 Å². The van der Waals surface area contributed by atoms with E-state index < -0.39 is 0 Å². The van der Waals surface area contributed by atoms with Gasteiger partial charge in [0.2, 0.25) is 0 Å². The van der Waals surface area contributed by atoms with Crippen LogP contribution in [0.25, 0.3) is 0 Å². The highest BCUT2D eigenvalue weighted by Crippen LogP contribution is 2.17. The maximum Gasteiger partial charge on any atom is 0.273 e. The zero-order valence-electron chi connectivity index (χ0n) is 10.9. The van der Waals surface area contributed by atoms with Crippen LogP contribution in [0.1, 0.15) is 35.9 Å². The number of carbonyl (C=O) groups excluding carboxylic acids is 1. The molecule has 2 rings (SSSR count). The number of H-pyrrole nitrogens is 1. The van der Waals surface area contributed by atoms with Crippen LogP contribution in [0.15, 0.2) is 30.5 Å². The van der Waals surface area contributed by atoms with Gasteiger partial charge in [-0.15, -0.1) is 0 Å². The van der Waals surface area contributed by atoms with E-state index in [1.807, 2.05) is 38.1 Å². The highest BCUT2D eigenvalue weighted by molar-refractivity contribution is 5.92. The first-order valence-electron chi connectivity index (χ1n) is 6.10. The first-order chi connectivity index (χ1) is 9.20. The van der Waals surface area contributed by atoms with Crippen molar-refractivity contribution in [3.8, 4) is 5.75 Å². The number of benzene rings is 1. The zero-order valence-corrected chi connectivity index (χ0v) is 10.9. The number of nitrogens with one attached hydrogen (secondary N) is 2. The number of ether oxygens (including phenoxy) is 1. The molecule has 0 aliphatic rings. The summed E-state index contributed by atoms with van der Waals surface area (Å²) in [6.45, 7) is 4.49. The van der Waals surface area contributed by atoms with Crippen molar-refractivity contribution in [2.24, 2.45) is 0 Å². The van der Waals surface area contributed by atoms with Crippen molar-refractivity contribution in [2.75, 3.05) is 6.61 Å². The predicted molar refractivity (Wildman–Crippen MR) is 69.9 cm³/mol. The van der Waals surface area contributed by atoms with Crippen LogP contribution in [0.2, 0.25) is 0 Å². The quantitative estimate of drug-likeness (QED) is 0.857. The lowest BCUT2D eigenvalue weighted by molar-refractivity contribution is 0.0935. The van der Waals surface area contributed by atoms with Gasteiger partial charge in [0.25, 0.3) is 5.91 Å². The number of aromatic amines is 1. The van der Waals surface area contributed by atoms with Crippen molar-refractivity contribution in [3.05, 3.63) is 41.7 Å². The van der Waals surface area contributed by atoms with Gasteiger partial charge in [-0.3, -0.25) is 4.79 Å². The van der Waals surface area contributed by atoms with Crippen LogP contribution in [0.5, 0.6) is 5.75 Å². The Balaban J connectivity index is 1.99. The monoisotopic (exact) mass is 260 g/mol. The molecule has 1 heterocycles. The molecule has 6 nitrogen and oxygen atoms in total. The van der Waals surface area contributed by atoms with Gasteiger partial charge in [-0.2, -0.15) is 15.4 Å². The van der Waals surface area contributed by atoms with E-state index in [2.05, 4.69) is 20.7 Å². The summed E-state index contributed by atoms with van der Waals surface area (Å²) in [6.07, 6.45) is 1.39. The molecule has 19 heavy (non-hydrogen) atoms. The Labute approximate surface area is 111 Å². The number of rotatable bonds is 5. The molecule has 1 atom stereocenters. The molecule has 1 aromatic heterocycles. The summed E-state index contributed by atoms with van der Waals surface area (Å²) in [4.78, 5) is 11.8. The number of carbonyl (C=O) groups is 1. The third-order valence-electron chi connectivity index (χ3n) is 2.69. The molecule has 1 aromatic carbocycles. The van der Waals surface area contributed by atoms with E-state index in [4.69, 9.17) is 4.74 Å². The predicted octanol–water partition coefficient (Wildman–Crippen LogP) is 1.69. The summed E-state index contributed by atoms with van der Waals surface area (Å²) in [5.41, 5.74) is 1.28. The van der Waals surface area contributed by atoms with Crippen molar-refractivity contribution < 1.29 is 9.53 Å². The lowest BCUT2D eigenvalue weighted by atomic mass is 10.1. The number of hydrogen-bond donors (Lipinski definition) is 2. The fraction of sp³-hybridized carbons (Fsp3) is 0.308. The van der Waals surface area contributed by atoms with Crippen LogP contribution in [0.3, 0.4) is 0 Å². The molecule has 2 aromatic rings. The van der Waals surface area contributed by atoms with Gasteiger partial charge in [0.05, 0.1) is 18.8 Å². The fourth-order valence-electron chi connectivity index (χ4n) is 1.68. The molecular formula is C13H16N4O2. The third kappa shape index (κ3) is 3.31. The van der Waals surface area contributed by atoms with Gasteiger partial charge < -0.3 is 10.1 Å². The van der Waals surface area contributed by atoms with Crippen LogP contribution in [0, 0.1) is 0 Å². The second-order valence-corrected chi connectivity index (χ2v) is 4.05. The van der Waals surface area contributed by atoms with Crippen molar-refractivity contribution in [2.45, 2.75) is 19.9 Å². The second kappa shape index (κ2) is 5.99. The molecule has 2 N–H and O–H groups in total. The van der Waals surface area contributed by atoms with Crippen LogP contribution in [0.4, 0.5) is 0 Å². The van der Waals surface area contributed by atoms with E-state index in [1.165, 1.54) is 6.20 Å². The van der Waals surface area contributed by atoms with Gasteiger partial charge in [0.15, 0.2) is 5.69 Å². The molecule has 0 bridgehead atoms. The second-order valence-electron chi connectivity index (χ2n) is 4.05. The Bertz CT molecular complexity index is 522. The summed E-state index contributed by atoms with van der Waals surface area (Å²) >= 11 is 0. The fourth-order valence-corrected chi connectivity index (χ4v) is 1.68. The average molecular weight is 260 g/mol. The minimum absolute atomic E-state index is 0.111. The Morgan fingerprint density at radius 1 is 1.42 bits per heavy atom. The van der Waals surface area contributed by atoms with Gasteiger partial charge in [-0.1, -0.05) is 12.1 Å². The van der Waals surface area contributed by atoms with Crippen molar-refractivity contribution >= 4 is 5.91 Å². The standard InChI is InChI=1S/C13H16N4O2/c1-3-19-11-6-4-10(5-7-11)9(2)15-13(18)12-8-14-17-16-12/h4-9H,3H2,1-2H3,(H,15,18)(H,14,16,17). The van der Waals surface area contributed by atoms with Gasteiger partial charge in [0.1, 0.15) is 5.75 Å². The highest BCUT2D eigenvalue weighted by Gasteiger charge is 2.13. The van der Waals surface area contributed by atoms with Crippen LogP contribution in [-0.2, 0) is 0 Å². The zero-order chi connectivity index (χ0) is 13.7. The molecular weight excluding hydrogens is 244 g/mol. The Hall–Kier alpha value is -2.37. The van der Waals surface area contributed by atoms with E-state index in [0.717, 1.165) is 11.3 Å². The molecule has 0 saturated heterocycles. The molecule has 0 aliphatic carbocycles. The molecule has 100 valence electrons. The van der Waals surface area contributed by atoms with Crippen LogP contribution >= 0.6 is 0 Å². The minimum Gasteiger partial charge on any atom is -0.494 e. The molecule has 0 spiro atoms. The highest BCUT2D eigenvalue weighted by atomic mass is 16.5. The third-order valence-corrected chi connectivity index (χ3v) is 2.69. The lowest BCUT2D eigenvalue weighted by Crippen LogP contribution is -2.26. The molecule has 0 radical (unpaired) electrons. The summed E-state index contributed by atoms with van der Waals surface area (Å²) in [6, 6.07) is 7.52. The molecule has 1 unspecified atom stereocenters. The van der Waals surface area contributed by atoms with E-state index in [9.17, 15) is 4.79 Å². The van der Waals surface area contributed by atoms with Crippen molar-refractivity contribution in [1.82, 2.24) is 20.7 Å². The molecule has 1 amide bonds. The summed E-state index contributed by atoms with van der Waals surface area (Å²) in [7, 11) is 0. The molecule has 6 heteroatoms.